The van der Waals surface area contributed by atoms with Gasteiger partial charge in [0.25, 0.3) is 0 Å². The summed E-state index contributed by atoms with van der Waals surface area (Å²) < 4.78 is 27.8. The van der Waals surface area contributed by atoms with Gasteiger partial charge in [-0.25, -0.2) is 13.4 Å². The third kappa shape index (κ3) is 4.77. The average Bonchev–Trinajstić information content (AvgIpc) is 2.76. The van der Waals surface area contributed by atoms with Crippen LogP contribution >= 0.6 is 23.2 Å². The van der Waals surface area contributed by atoms with Crippen molar-refractivity contribution in [3.63, 3.8) is 0 Å². The molecule has 2 aliphatic heterocycles. The largest absolute Gasteiger partial charge is 0.354 e. The third-order valence-corrected chi connectivity index (χ3v) is 8.63. The van der Waals surface area contributed by atoms with Crippen molar-refractivity contribution in [2.45, 2.75) is 38.0 Å². The quantitative estimate of drug-likeness (QED) is 0.656. The van der Waals surface area contributed by atoms with Crippen molar-refractivity contribution in [1.29, 1.82) is 0 Å². The first-order valence-corrected chi connectivity index (χ1v) is 12.8. The molecule has 0 N–H and O–H groups in total. The summed E-state index contributed by atoms with van der Waals surface area (Å²) in [6, 6.07) is 5.01. The minimum absolute atomic E-state index is 0.106. The fourth-order valence-corrected chi connectivity index (χ4v) is 6.29. The van der Waals surface area contributed by atoms with Gasteiger partial charge in [0.05, 0.1) is 5.02 Å². The Bertz CT molecular complexity index is 1070. The maximum atomic E-state index is 13.2. The summed E-state index contributed by atoms with van der Waals surface area (Å²) >= 11 is 12.3. The van der Waals surface area contributed by atoms with Crippen LogP contribution in [0.2, 0.25) is 10.0 Å². The van der Waals surface area contributed by atoms with Crippen molar-refractivity contribution >= 4 is 45.0 Å². The van der Waals surface area contributed by atoms with Gasteiger partial charge in [0.15, 0.2) is 0 Å². The van der Waals surface area contributed by atoms with Crippen LogP contribution in [0.5, 0.6) is 0 Å². The van der Waals surface area contributed by atoms with Crippen LogP contribution in [0.15, 0.2) is 23.1 Å². The standard InChI is InChI=1S/C21H27Cl2N5O2S/c1-15-12-19(18(23)14-17(15)22)31(29,30)28-10-8-26(9-11-28)20-13-16(2)24-21(25-20)27-6-4-3-5-7-27/h12-14H,3-11H2,1-2H3. The number of anilines is 2. The van der Waals surface area contributed by atoms with Gasteiger partial charge >= 0.3 is 0 Å². The normalized spacial score (nSPS) is 18.5. The summed E-state index contributed by atoms with van der Waals surface area (Å²) in [5.41, 5.74) is 1.61. The Balaban J connectivity index is 1.50. The zero-order valence-electron chi connectivity index (χ0n) is 17.8. The first-order valence-electron chi connectivity index (χ1n) is 10.6. The van der Waals surface area contributed by atoms with Crippen molar-refractivity contribution in [2.75, 3.05) is 49.1 Å². The van der Waals surface area contributed by atoms with Gasteiger partial charge in [0.1, 0.15) is 10.7 Å². The van der Waals surface area contributed by atoms with E-state index in [0.29, 0.717) is 36.8 Å². The Morgan fingerprint density at radius 3 is 2.16 bits per heavy atom. The molecule has 31 heavy (non-hydrogen) atoms. The van der Waals surface area contributed by atoms with Crippen LogP contribution in [-0.4, -0.2) is 62.0 Å². The van der Waals surface area contributed by atoms with Gasteiger partial charge in [-0.2, -0.15) is 9.29 Å². The predicted molar refractivity (Wildman–Crippen MR) is 125 cm³/mol. The second-order valence-corrected chi connectivity index (χ2v) is 10.9. The number of benzene rings is 1. The zero-order valence-corrected chi connectivity index (χ0v) is 20.1. The van der Waals surface area contributed by atoms with E-state index in [1.807, 2.05) is 13.0 Å². The number of sulfonamides is 1. The Hall–Kier alpha value is -1.61. The number of halogens is 2. The number of hydrogen-bond acceptors (Lipinski definition) is 6. The molecule has 2 fully saturated rings. The monoisotopic (exact) mass is 483 g/mol. The van der Waals surface area contributed by atoms with Gasteiger partial charge in [0, 0.05) is 56.1 Å². The van der Waals surface area contributed by atoms with Gasteiger partial charge in [0.2, 0.25) is 16.0 Å². The Morgan fingerprint density at radius 2 is 1.48 bits per heavy atom. The van der Waals surface area contributed by atoms with E-state index in [9.17, 15) is 8.42 Å². The fraction of sp³-hybridized carbons (Fsp3) is 0.524. The van der Waals surface area contributed by atoms with E-state index in [4.69, 9.17) is 28.2 Å². The van der Waals surface area contributed by atoms with Gasteiger partial charge in [-0.05, 0) is 50.8 Å². The maximum absolute atomic E-state index is 13.2. The maximum Gasteiger partial charge on any atom is 0.244 e. The van der Waals surface area contributed by atoms with E-state index in [-0.39, 0.29) is 9.92 Å². The van der Waals surface area contributed by atoms with Crippen LogP contribution in [0.1, 0.15) is 30.5 Å². The van der Waals surface area contributed by atoms with E-state index in [1.165, 1.54) is 16.8 Å². The number of piperidine rings is 1. The summed E-state index contributed by atoms with van der Waals surface area (Å²) in [6.07, 6.45) is 3.58. The smallest absolute Gasteiger partial charge is 0.244 e. The van der Waals surface area contributed by atoms with Crippen LogP contribution in [-0.2, 0) is 10.0 Å². The van der Waals surface area contributed by atoms with Gasteiger partial charge in [-0.15, -0.1) is 0 Å². The third-order valence-electron chi connectivity index (χ3n) is 5.86. The zero-order chi connectivity index (χ0) is 22.2. The lowest BCUT2D eigenvalue weighted by Gasteiger charge is -2.35. The first-order chi connectivity index (χ1) is 14.8. The number of hydrogen-bond donors (Lipinski definition) is 0. The highest BCUT2D eigenvalue weighted by atomic mass is 35.5. The molecule has 0 bridgehead atoms. The molecule has 0 atom stereocenters. The molecule has 1 aromatic heterocycles. The SMILES string of the molecule is Cc1cc(N2CCN(S(=O)(=O)c3cc(C)c(Cl)cc3Cl)CC2)nc(N2CCCCC2)n1. The highest BCUT2D eigenvalue weighted by Gasteiger charge is 2.31. The summed E-state index contributed by atoms with van der Waals surface area (Å²) in [4.78, 5) is 13.9. The highest BCUT2D eigenvalue weighted by molar-refractivity contribution is 7.89. The molecule has 168 valence electrons. The molecule has 4 rings (SSSR count). The lowest BCUT2D eigenvalue weighted by molar-refractivity contribution is 0.383. The van der Waals surface area contributed by atoms with Gasteiger partial charge in [-0.3, -0.25) is 0 Å². The predicted octanol–water partition coefficient (Wildman–Crippen LogP) is 3.90. The molecule has 0 saturated carbocycles. The van der Waals surface area contributed by atoms with Crippen LogP contribution < -0.4 is 9.80 Å². The Kier molecular flexibility index (Phi) is 6.62. The van der Waals surface area contributed by atoms with E-state index < -0.39 is 10.0 Å². The Labute approximate surface area is 194 Å². The van der Waals surface area contributed by atoms with Crippen LogP contribution in [0.3, 0.4) is 0 Å². The number of piperazine rings is 1. The average molecular weight is 484 g/mol. The molecule has 0 radical (unpaired) electrons. The Morgan fingerprint density at radius 1 is 0.806 bits per heavy atom. The number of aromatic nitrogens is 2. The molecular formula is C21H27Cl2N5O2S. The highest BCUT2D eigenvalue weighted by Crippen LogP contribution is 2.31. The molecule has 2 aliphatic rings. The van der Waals surface area contributed by atoms with Crippen molar-refractivity contribution in [3.8, 4) is 0 Å². The van der Waals surface area contributed by atoms with Crippen molar-refractivity contribution in [2.24, 2.45) is 0 Å². The van der Waals surface area contributed by atoms with Crippen molar-refractivity contribution < 1.29 is 8.42 Å². The topological polar surface area (TPSA) is 69.6 Å². The molecule has 0 aliphatic carbocycles. The molecule has 1 aromatic carbocycles. The molecule has 3 heterocycles. The molecule has 7 nitrogen and oxygen atoms in total. The van der Waals surface area contributed by atoms with Gasteiger partial charge < -0.3 is 9.80 Å². The number of aryl methyl sites for hydroxylation is 2. The van der Waals surface area contributed by atoms with Crippen LogP contribution in [0.4, 0.5) is 11.8 Å². The molecule has 0 unspecified atom stereocenters. The number of nitrogens with zero attached hydrogens (tertiary/aromatic N) is 5. The first kappa shape index (κ1) is 22.6. The molecule has 10 heteroatoms. The van der Waals surface area contributed by atoms with E-state index in [0.717, 1.165) is 43.4 Å². The summed E-state index contributed by atoms with van der Waals surface area (Å²) in [7, 11) is -3.70. The lowest BCUT2D eigenvalue weighted by atomic mass is 10.1. The van der Waals surface area contributed by atoms with Crippen molar-refractivity contribution in [1.82, 2.24) is 14.3 Å². The lowest BCUT2D eigenvalue weighted by Crippen LogP contribution is -2.49. The summed E-state index contributed by atoms with van der Waals surface area (Å²) in [6.45, 7) is 7.55. The van der Waals surface area contributed by atoms with Crippen LogP contribution in [0.25, 0.3) is 0 Å². The molecule has 0 amide bonds. The summed E-state index contributed by atoms with van der Waals surface area (Å²) in [5, 5.41) is 0.605. The van der Waals surface area contributed by atoms with E-state index in [2.05, 4.69) is 14.8 Å². The molecular weight excluding hydrogens is 457 g/mol. The number of rotatable bonds is 4. The summed E-state index contributed by atoms with van der Waals surface area (Å²) in [5.74, 6) is 1.62. The molecule has 2 aromatic rings. The van der Waals surface area contributed by atoms with Gasteiger partial charge in [-0.1, -0.05) is 23.2 Å². The van der Waals surface area contributed by atoms with E-state index >= 15 is 0 Å². The minimum atomic E-state index is -3.70. The van der Waals surface area contributed by atoms with Crippen molar-refractivity contribution in [3.05, 3.63) is 39.5 Å². The fourth-order valence-electron chi connectivity index (χ4n) is 4.06. The van der Waals surface area contributed by atoms with Crippen LogP contribution in [0, 0.1) is 13.8 Å². The second kappa shape index (κ2) is 9.10. The minimum Gasteiger partial charge on any atom is -0.354 e. The second-order valence-electron chi connectivity index (χ2n) is 8.14. The van der Waals surface area contributed by atoms with E-state index in [1.54, 1.807) is 13.0 Å². The molecule has 0 spiro atoms. The molecule has 2 saturated heterocycles.